The summed E-state index contributed by atoms with van der Waals surface area (Å²) in [5, 5.41) is 9.85. The van der Waals surface area contributed by atoms with Crippen molar-refractivity contribution in [2.24, 2.45) is 0 Å². The maximum absolute atomic E-state index is 12.0. The summed E-state index contributed by atoms with van der Waals surface area (Å²) in [7, 11) is 0. The van der Waals surface area contributed by atoms with Crippen molar-refractivity contribution in [1.82, 2.24) is 16.0 Å². The van der Waals surface area contributed by atoms with Gasteiger partial charge in [-0.3, -0.25) is 9.59 Å². The van der Waals surface area contributed by atoms with Gasteiger partial charge in [0.2, 0.25) is 5.91 Å². The van der Waals surface area contributed by atoms with Crippen LogP contribution in [0.2, 0.25) is 10.0 Å². The van der Waals surface area contributed by atoms with Crippen molar-refractivity contribution in [3.8, 4) is 0 Å². The van der Waals surface area contributed by atoms with Crippen molar-refractivity contribution in [3.05, 3.63) is 33.8 Å². The third kappa shape index (κ3) is 4.76. The van der Waals surface area contributed by atoms with Gasteiger partial charge < -0.3 is 16.0 Å². The molecule has 0 aromatic heterocycles. The molecule has 3 rings (SSSR count). The van der Waals surface area contributed by atoms with Gasteiger partial charge in [-0.1, -0.05) is 23.2 Å². The van der Waals surface area contributed by atoms with E-state index in [0.717, 1.165) is 12.8 Å². The maximum atomic E-state index is 12.0. The Hall–Kier alpha value is -1.01. The van der Waals surface area contributed by atoms with Gasteiger partial charge in [-0.25, -0.2) is 0 Å². The average molecular weight is 393 g/mol. The molecular weight excluding hydrogens is 373 g/mol. The highest BCUT2D eigenvalue weighted by Crippen LogP contribution is 2.26. The average Bonchev–Trinajstić information content (AvgIpc) is 2.86. The predicted octanol–water partition coefficient (Wildman–Crippen LogP) is 2.54. The first-order valence-corrected chi connectivity index (χ1v) is 8.55. The van der Waals surface area contributed by atoms with E-state index in [2.05, 4.69) is 16.0 Å². The van der Waals surface area contributed by atoms with Crippen LogP contribution in [-0.2, 0) is 4.79 Å². The number of carbonyl (C=O) groups excluding carboxylic acids is 2. The summed E-state index contributed by atoms with van der Waals surface area (Å²) in [5.41, 5.74) is 0.382. The molecule has 2 atom stereocenters. The fourth-order valence-electron chi connectivity index (χ4n) is 3.35. The molecule has 0 saturated carbocycles. The van der Waals surface area contributed by atoms with Gasteiger partial charge in [-0.15, -0.1) is 12.4 Å². The molecule has 0 aliphatic carbocycles. The van der Waals surface area contributed by atoms with E-state index >= 15 is 0 Å². The van der Waals surface area contributed by atoms with Crippen LogP contribution in [-0.4, -0.2) is 36.5 Å². The summed E-state index contributed by atoms with van der Waals surface area (Å²) < 4.78 is 0. The van der Waals surface area contributed by atoms with E-state index in [9.17, 15) is 9.59 Å². The molecular formula is C16H20Cl3N3O2. The topological polar surface area (TPSA) is 70.2 Å². The second-order valence-corrected chi connectivity index (χ2v) is 7.00. The second kappa shape index (κ2) is 8.39. The number of amides is 2. The zero-order chi connectivity index (χ0) is 16.4. The van der Waals surface area contributed by atoms with E-state index in [1.165, 1.54) is 18.9 Å². The second-order valence-electron chi connectivity index (χ2n) is 6.19. The Kier molecular flexibility index (Phi) is 6.75. The molecule has 2 aliphatic rings. The van der Waals surface area contributed by atoms with E-state index < -0.39 is 0 Å². The van der Waals surface area contributed by atoms with Gasteiger partial charge in [0.05, 0.1) is 16.6 Å². The lowest BCUT2D eigenvalue weighted by Gasteiger charge is -2.29. The van der Waals surface area contributed by atoms with Crippen molar-refractivity contribution in [2.45, 2.75) is 43.8 Å². The summed E-state index contributed by atoms with van der Waals surface area (Å²) in [4.78, 5) is 24.0. The minimum atomic E-state index is -0.343. The molecule has 2 amide bonds. The normalized spacial score (nSPS) is 24.8. The van der Waals surface area contributed by atoms with E-state index in [4.69, 9.17) is 23.2 Å². The number of carbonyl (C=O) groups is 2. The summed E-state index contributed by atoms with van der Waals surface area (Å²) in [6, 6.07) is 5.86. The Morgan fingerprint density at radius 3 is 2.42 bits per heavy atom. The van der Waals surface area contributed by atoms with Gasteiger partial charge >= 0.3 is 0 Å². The molecule has 1 aromatic rings. The Morgan fingerprint density at radius 2 is 1.79 bits per heavy atom. The molecule has 5 nitrogen and oxygen atoms in total. The van der Waals surface area contributed by atoms with Crippen molar-refractivity contribution < 1.29 is 9.59 Å². The van der Waals surface area contributed by atoms with Crippen LogP contribution in [0.5, 0.6) is 0 Å². The van der Waals surface area contributed by atoms with E-state index in [1.54, 1.807) is 12.1 Å². The highest BCUT2D eigenvalue weighted by atomic mass is 35.5. The number of piperidine rings is 1. The number of halogens is 3. The van der Waals surface area contributed by atoms with Gasteiger partial charge in [0.1, 0.15) is 0 Å². The molecule has 2 unspecified atom stereocenters. The lowest BCUT2D eigenvalue weighted by Crippen LogP contribution is -2.50. The minimum absolute atomic E-state index is 0. The molecule has 0 radical (unpaired) electrons. The molecule has 2 fully saturated rings. The fourth-order valence-corrected chi connectivity index (χ4v) is 3.65. The molecule has 3 N–H and O–H groups in total. The molecule has 8 heteroatoms. The van der Waals surface area contributed by atoms with Crippen LogP contribution in [0.25, 0.3) is 0 Å². The molecule has 2 bridgehead atoms. The number of fused-ring (bicyclic) bond motifs is 2. The highest BCUT2D eigenvalue weighted by Gasteiger charge is 2.33. The van der Waals surface area contributed by atoms with Crippen molar-refractivity contribution in [3.63, 3.8) is 0 Å². The number of hydrogen-bond acceptors (Lipinski definition) is 3. The Balaban J connectivity index is 0.00000208. The quantitative estimate of drug-likeness (QED) is 0.737. The molecule has 132 valence electrons. The van der Waals surface area contributed by atoms with E-state index in [1.807, 2.05) is 0 Å². The standard InChI is InChI=1S/C16H19Cl2N3O2.ClH/c17-13-4-1-9(5-14(13)18)16(23)19-8-15(22)21-12-6-10-2-3-11(7-12)20-10;/h1,4-5,10-12,20H,2-3,6-8H2,(H,19,23)(H,21,22);1H. The lowest BCUT2D eigenvalue weighted by atomic mass is 10.00. The van der Waals surface area contributed by atoms with Gasteiger partial charge in [-0.05, 0) is 43.9 Å². The van der Waals surface area contributed by atoms with Gasteiger partial charge in [0, 0.05) is 23.7 Å². The van der Waals surface area contributed by atoms with Gasteiger partial charge in [-0.2, -0.15) is 0 Å². The van der Waals surface area contributed by atoms with Crippen LogP contribution in [0.4, 0.5) is 0 Å². The first kappa shape index (κ1) is 19.3. The van der Waals surface area contributed by atoms with Gasteiger partial charge in [0.15, 0.2) is 0 Å². The molecule has 2 aliphatic heterocycles. The van der Waals surface area contributed by atoms with E-state index in [0.29, 0.717) is 27.7 Å². The molecule has 0 spiro atoms. The number of rotatable bonds is 4. The summed E-state index contributed by atoms with van der Waals surface area (Å²) in [6.07, 6.45) is 4.29. The highest BCUT2D eigenvalue weighted by molar-refractivity contribution is 6.42. The van der Waals surface area contributed by atoms with Crippen LogP contribution < -0.4 is 16.0 Å². The van der Waals surface area contributed by atoms with Crippen LogP contribution >= 0.6 is 35.6 Å². The largest absolute Gasteiger partial charge is 0.352 e. The fraction of sp³-hybridized carbons (Fsp3) is 0.500. The number of nitrogens with one attached hydrogen (secondary N) is 3. The Morgan fingerprint density at radius 1 is 1.12 bits per heavy atom. The van der Waals surface area contributed by atoms with Crippen molar-refractivity contribution in [2.75, 3.05) is 6.54 Å². The van der Waals surface area contributed by atoms with E-state index in [-0.39, 0.29) is 36.8 Å². The predicted molar refractivity (Wildman–Crippen MR) is 97.2 cm³/mol. The number of benzene rings is 1. The van der Waals surface area contributed by atoms with Crippen LogP contribution in [0, 0.1) is 0 Å². The molecule has 2 saturated heterocycles. The summed E-state index contributed by atoms with van der Waals surface area (Å²) in [6.45, 7) is -0.0433. The van der Waals surface area contributed by atoms with Crippen LogP contribution in [0.15, 0.2) is 18.2 Å². The molecule has 2 heterocycles. The van der Waals surface area contributed by atoms with Crippen molar-refractivity contribution in [1.29, 1.82) is 0 Å². The third-order valence-electron chi connectivity index (χ3n) is 4.43. The first-order valence-electron chi connectivity index (χ1n) is 7.80. The maximum Gasteiger partial charge on any atom is 0.251 e. The minimum Gasteiger partial charge on any atom is -0.352 e. The smallest absolute Gasteiger partial charge is 0.251 e. The SMILES string of the molecule is Cl.O=C(CNC(=O)c1ccc(Cl)c(Cl)c1)NC1CC2CCC(C1)N2. The van der Waals surface area contributed by atoms with Crippen molar-refractivity contribution >= 4 is 47.4 Å². The molecule has 24 heavy (non-hydrogen) atoms. The Bertz CT molecular complexity index is 615. The molecule has 1 aromatic carbocycles. The van der Waals surface area contributed by atoms with Crippen LogP contribution in [0.3, 0.4) is 0 Å². The zero-order valence-corrected chi connectivity index (χ0v) is 15.3. The summed E-state index contributed by atoms with van der Waals surface area (Å²) in [5.74, 6) is -0.506. The monoisotopic (exact) mass is 391 g/mol. The number of hydrogen-bond donors (Lipinski definition) is 3. The first-order chi connectivity index (χ1) is 11.0. The lowest BCUT2D eigenvalue weighted by molar-refractivity contribution is -0.121. The third-order valence-corrected chi connectivity index (χ3v) is 5.17. The van der Waals surface area contributed by atoms with Gasteiger partial charge in [0.25, 0.3) is 5.91 Å². The van der Waals surface area contributed by atoms with Crippen LogP contribution in [0.1, 0.15) is 36.0 Å². The summed E-state index contributed by atoms with van der Waals surface area (Å²) >= 11 is 11.7. The Labute approximate surface area is 157 Å². The zero-order valence-electron chi connectivity index (χ0n) is 13.0.